The van der Waals surface area contributed by atoms with Crippen LogP contribution in [0, 0.1) is 32.1 Å². The van der Waals surface area contributed by atoms with Crippen LogP contribution >= 0.6 is 0 Å². The van der Waals surface area contributed by atoms with E-state index in [2.05, 4.69) is 26.3 Å². The second-order valence-electron chi connectivity index (χ2n) is 5.43. The van der Waals surface area contributed by atoms with Gasteiger partial charge in [0, 0.05) is 12.6 Å². The second-order valence-corrected chi connectivity index (χ2v) is 5.43. The summed E-state index contributed by atoms with van der Waals surface area (Å²) < 4.78 is 5.18. The van der Waals surface area contributed by atoms with Gasteiger partial charge in [0.25, 0.3) is 0 Å². The van der Waals surface area contributed by atoms with Crippen LogP contribution in [0.1, 0.15) is 47.2 Å². The predicted molar refractivity (Wildman–Crippen MR) is 76.8 cm³/mol. The number of hydrogen-bond donors (Lipinski definition) is 0. The van der Waals surface area contributed by atoms with E-state index in [0.29, 0.717) is 11.4 Å². The molecule has 21 heavy (non-hydrogen) atoms. The van der Waals surface area contributed by atoms with E-state index in [9.17, 15) is 5.26 Å². The third-order valence-corrected chi connectivity index (χ3v) is 4.06. The maximum Gasteiger partial charge on any atom is 0.170 e. The van der Waals surface area contributed by atoms with E-state index in [1.807, 2.05) is 26.8 Å². The van der Waals surface area contributed by atoms with Crippen molar-refractivity contribution >= 4 is 5.82 Å². The highest BCUT2D eigenvalue weighted by molar-refractivity contribution is 5.59. The minimum absolute atomic E-state index is 0.103. The van der Waals surface area contributed by atoms with Gasteiger partial charge in [-0.3, -0.25) is 0 Å². The molecule has 3 rings (SSSR count). The highest BCUT2D eigenvalue weighted by Gasteiger charge is 2.32. The SMILES string of the molecule is Cc1cc(C2CCCN2c2nnc(C)c(C)c2C#N)no1. The fourth-order valence-electron chi connectivity index (χ4n) is 2.80. The average molecular weight is 283 g/mol. The van der Waals surface area contributed by atoms with Gasteiger partial charge in [-0.25, -0.2) is 0 Å². The van der Waals surface area contributed by atoms with Crippen molar-refractivity contribution in [2.45, 2.75) is 39.7 Å². The Bertz CT molecular complexity index is 715. The van der Waals surface area contributed by atoms with Crippen LogP contribution in [-0.4, -0.2) is 21.9 Å². The second kappa shape index (κ2) is 5.17. The fraction of sp³-hybridized carbons (Fsp3) is 0.467. The normalized spacial score (nSPS) is 18.0. The largest absolute Gasteiger partial charge is 0.361 e. The van der Waals surface area contributed by atoms with Crippen LogP contribution in [0.25, 0.3) is 0 Å². The first-order valence-corrected chi connectivity index (χ1v) is 7.05. The van der Waals surface area contributed by atoms with Crippen LogP contribution in [0.4, 0.5) is 5.82 Å². The number of hydrogen-bond acceptors (Lipinski definition) is 6. The lowest BCUT2D eigenvalue weighted by atomic mass is 10.1. The van der Waals surface area contributed by atoms with Crippen molar-refractivity contribution < 1.29 is 4.52 Å². The van der Waals surface area contributed by atoms with Crippen molar-refractivity contribution in [1.29, 1.82) is 5.26 Å². The van der Waals surface area contributed by atoms with Crippen LogP contribution in [0.15, 0.2) is 10.6 Å². The summed E-state index contributed by atoms with van der Waals surface area (Å²) in [5.74, 6) is 1.45. The molecule has 0 aromatic carbocycles. The first-order chi connectivity index (χ1) is 10.1. The van der Waals surface area contributed by atoms with Gasteiger partial charge in [0.15, 0.2) is 5.82 Å². The van der Waals surface area contributed by atoms with Crippen molar-refractivity contribution in [3.05, 3.63) is 34.3 Å². The summed E-state index contributed by atoms with van der Waals surface area (Å²) in [5.41, 5.74) is 3.19. The molecule has 1 fully saturated rings. The van der Waals surface area contributed by atoms with Crippen LogP contribution < -0.4 is 4.90 Å². The molecule has 6 heteroatoms. The number of anilines is 1. The molecule has 108 valence electrons. The Labute approximate surface area is 123 Å². The molecule has 1 aliphatic rings. The first-order valence-electron chi connectivity index (χ1n) is 7.05. The summed E-state index contributed by atoms with van der Waals surface area (Å²) in [7, 11) is 0. The summed E-state index contributed by atoms with van der Waals surface area (Å²) in [4.78, 5) is 2.12. The quantitative estimate of drug-likeness (QED) is 0.843. The predicted octanol–water partition coefficient (Wildman–Crippen LogP) is 2.60. The summed E-state index contributed by atoms with van der Waals surface area (Å²) in [5, 5.41) is 22.0. The Morgan fingerprint density at radius 2 is 2.14 bits per heavy atom. The summed E-state index contributed by atoms with van der Waals surface area (Å²) in [6, 6.07) is 4.32. The van der Waals surface area contributed by atoms with Gasteiger partial charge in [0.2, 0.25) is 0 Å². The van der Waals surface area contributed by atoms with E-state index < -0.39 is 0 Å². The Balaban J connectivity index is 2.04. The van der Waals surface area contributed by atoms with Gasteiger partial charge < -0.3 is 9.42 Å². The van der Waals surface area contributed by atoms with Crippen molar-refractivity contribution in [2.24, 2.45) is 0 Å². The summed E-state index contributed by atoms with van der Waals surface area (Å²) in [6.45, 7) is 6.52. The zero-order valence-electron chi connectivity index (χ0n) is 12.4. The Morgan fingerprint density at radius 1 is 1.33 bits per heavy atom. The Hall–Kier alpha value is -2.42. The first kappa shape index (κ1) is 13.6. The number of aromatic nitrogens is 3. The topological polar surface area (TPSA) is 78.8 Å². The lowest BCUT2D eigenvalue weighted by molar-refractivity contribution is 0.385. The Kier molecular flexibility index (Phi) is 3.34. The summed E-state index contributed by atoms with van der Waals surface area (Å²) >= 11 is 0. The monoisotopic (exact) mass is 283 g/mol. The third-order valence-electron chi connectivity index (χ3n) is 4.06. The molecule has 0 saturated carbocycles. The molecule has 1 atom stereocenters. The lowest BCUT2D eigenvalue weighted by Crippen LogP contribution is -2.25. The number of rotatable bonds is 2. The molecule has 0 aliphatic carbocycles. The highest BCUT2D eigenvalue weighted by Crippen LogP contribution is 2.36. The molecule has 1 saturated heterocycles. The molecule has 0 amide bonds. The number of aryl methyl sites for hydroxylation is 2. The number of nitrogens with zero attached hydrogens (tertiary/aromatic N) is 5. The standard InChI is InChI=1S/C15H17N5O/c1-9-7-13(19-21-9)14-5-4-6-20(14)15-12(8-16)10(2)11(3)17-18-15/h7,14H,4-6H2,1-3H3. The highest BCUT2D eigenvalue weighted by atomic mass is 16.5. The molecule has 6 nitrogen and oxygen atoms in total. The van der Waals surface area contributed by atoms with Crippen molar-refractivity contribution in [1.82, 2.24) is 15.4 Å². The zero-order valence-corrected chi connectivity index (χ0v) is 12.4. The van der Waals surface area contributed by atoms with Gasteiger partial charge in [-0.2, -0.15) is 10.4 Å². The van der Waals surface area contributed by atoms with E-state index in [1.165, 1.54) is 0 Å². The molecule has 0 spiro atoms. The molecule has 0 bridgehead atoms. The van der Waals surface area contributed by atoms with Gasteiger partial charge in [0.05, 0.1) is 11.7 Å². The molecule has 0 N–H and O–H groups in total. The molecular weight excluding hydrogens is 266 g/mol. The smallest absolute Gasteiger partial charge is 0.170 e. The summed E-state index contributed by atoms with van der Waals surface area (Å²) in [6.07, 6.45) is 2.02. The molecule has 0 radical (unpaired) electrons. The van der Waals surface area contributed by atoms with E-state index in [4.69, 9.17) is 4.52 Å². The van der Waals surface area contributed by atoms with Gasteiger partial charge in [0.1, 0.15) is 23.1 Å². The Morgan fingerprint density at radius 3 is 2.81 bits per heavy atom. The van der Waals surface area contributed by atoms with E-state index >= 15 is 0 Å². The van der Waals surface area contributed by atoms with Gasteiger partial charge in [-0.05, 0) is 39.2 Å². The van der Waals surface area contributed by atoms with Crippen molar-refractivity contribution in [3.8, 4) is 6.07 Å². The molecule has 2 aromatic heterocycles. The fourth-order valence-corrected chi connectivity index (χ4v) is 2.80. The van der Waals surface area contributed by atoms with E-state index in [1.54, 1.807) is 0 Å². The van der Waals surface area contributed by atoms with Crippen molar-refractivity contribution in [2.75, 3.05) is 11.4 Å². The van der Waals surface area contributed by atoms with Crippen LogP contribution in [0.5, 0.6) is 0 Å². The van der Waals surface area contributed by atoms with Gasteiger partial charge in [-0.1, -0.05) is 5.16 Å². The zero-order chi connectivity index (χ0) is 15.0. The molecule has 2 aromatic rings. The van der Waals surface area contributed by atoms with Crippen LogP contribution in [-0.2, 0) is 0 Å². The molecular formula is C15H17N5O. The van der Waals surface area contributed by atoms with Crippen LogP contribution in [0.2, 0.25) is 0 Å². The van der Waals surface area contributed by atoms with Crippen molar-refractivity contribution in [3.63, 3.8) is 0 Å². The lowest BCUT2D eigenvalue weighted by Gasteiger charge is -2.25. The maximum absolute atomic E-state index is 9.47. The van der Waals surface area contributed by atoms with Gasteiger partial charge in [-0.15, -0.1) is 5.10 Å². The van der Waals surface area contributed by atoms with Crippen LogP contribution in [0.3, 0.4) is 0 Å². The maximum atomic E-state index is 9.47. The van der Waals surface area contributed by atoms with E-state index in [0.717, 1.165) is 42.1 Å². The van der Waals surface area contributed by atoms with Gasteiger partial charge >= 0.3 is 0 Å². The minimum atomic E-state index is 0.103. The molecule has 1 aliphatic heterocycles. The minimum Gasteiger partial charge on any atom is -0.361 e. The number of nitriles is 1. The third kappa shape index (κ3) is 2.25. The van der Waals surface area contributed by atoms with E-state index in [-0.39, 0.29) is 6.04 Å². The molecule has 1 unspecified atom stereocenters. The molecule has 3 heterocycles. The average Bonchev–Trinajstić information content (AvgIpc) is 3.10.